The second-order valence-electron chi connectivity index (χ2n) is 4.83. The molecule has 5 heteroatoms. The molecular formula is C15H20BrN3O. The Hall–Kier alpha value is -1.17. The zero-order valence-electron chi connectivity index (χ0n) is 11.7. The topological polar surface area (TPSA) is 41.3 Å². The van der Waals surface area contributed by atoms with E-state index in [1.165, 1.54) is 11.3 Å². The summed E-state index contributed by atoms with van der Waals surface area (Å²) >= 11 is 3.49. The van der Waals surface area contributed by atoms with Crippen LogP contribution in [0.2, 0.25) is 0 Å². The van der Waals surface area contributed by atoms with E-state index in [0.717, 1.165) is 24.0 Å². The van der Waals surface area contributed by atoms with Gasteiger partial charge in [0, 0.05) is 49.5 Å². The molecule has 0 aliphatic carbocycles. The zero-order chi connectivity index (χ0) is 14.4. The summed E-state index contributed by atoms with van der Waals surface area (Å²) < 4.78 is 2.99. The van der Waals surface area contributed by atoms with Gasteiger partial charge in [-0.2, -0.15) is 5.10 Å². The van der Waals surface area contributed by atoms with E-state index in [1.54, 1.807) is 0 Å². The van der Waals surface area contributed by atoms with Crippen molar-refractivity contribution in [3.8, 4) is 0 Å². The molecule has 1 aromatic heterocycles. The van der Waals surface area contributed by atoms with Crippen molar-refractivity contribution in [2.45, 2.75) is 13.0 Å². The fraction of sp³-hybridized carbons (Fsp3) is 0.400. The molecule has 1 heterocycles. The van der Waals surface area contributed by atoms with E-state index < -0.39 is 0 Å². The number of halogens is 1. The van der Waals surface area contributed by atoms with Gasteiger partial charge in [-0.15, -0.1) is 0 Å². The van der Waals surface area contributed by atoms with Crippen molar-refractivity contribution in [2.75, 3.05) is 19.7 Å². The fourth-order valence-corrected chi connectivity index (χ4v) is 2.67. The van der Waals surface area contributed by atoms with Crippen molar-refractivity contribution in [3.63, 3.8) is 0 Å². The minimum absolute atomic E-state index is 0.180. The molecule has 0 amide bonds. The van der Waals surface area contributed by atoms with Crippen LogP contribution in [0.15, 0.2) is 41.0 Å². The molecule has 4 nitrogen and oxygen atoms in total. The van der Waals surface area contributed by atoms with E-state index in [1.807, 2.05) is 36.1 Å². The highest BCUT2D eigenvalue weighted by Gasteiger charge is 2.07. The molecule has 2 aromatic rings. The summed E-state index contributed by atoms with van der Waals surface area (Å²) in [5, 5.41) is 13.4. The first-order chi connectivity index (χ1) is 9.69. The van der Waals surface area contributed by atoms with E-state index in [-0.39, 0.29) is 6.61 Å². The predicted molar refractivity (Wildman–Crippen MR) is 83.4 cm³/mol. The van der Waals surface area contributed by atoms with E-state index in [2.05, 4.69) is 38.1 Å². The molecule has 1 N–H and O–H groups in total. The number of aliphatic hydroxyl groups is 1. The Bertz CT molecular complexity index is 541. The van der Waals surface area contributed by atoms with Crippen LogP contribution in [-0.2, 0) is 20.0 Å². The van der Waals surface area contributed by atoms with Gasteiger partial charge >= 0.3 is 0 Å². The SMILES string of the molecule is Cn1nccc1CCN(CCO)Cc1cccc(Br)c1. The number of aryl methyl sites for hydroxylation is 1. The second kappa shape index (κ2) is 7.57. The van der Waals surface area contributed by atoms with E-state index >= 15 is 0 Å². The first-order valence-electron chi connectivity index (χ1n) is 6.73. The molecule has 0 radical (unpaired) electrons. The standard InChI is InChI=1S/C15H20BrN3O/c1-18-15(5-7-17-18)6-8-19(9-10-20)12-13-3-2-4-14(16)11-13/h2-5,7,11,20H,6,8-10,12H2,1H3. The molecular weight excluding hydrogens is 318 g/mol. The first kappa shape index (κ1) is 15.2. The quantitative estimate of drug-likeness (QED) is 0.842. The number of nitrogens with zero attached hydrogens (tertiary/aromatic N) is 3. The Morgan fingerprint density at radius 2 is 2.15 bits per heavy atom. The molecule has 0 saturated carbocycles. The maximum absolute atomic E-state index is 9.21. The number of hydrogen-bond acceptors (Lipinski definition) is 3. The van der Waals surface area contributed by atoms with E-state index in [4.69, 9.17) is 0 Å². The zero-order valence-corrected chi connectivity index (χ0v) is 13.3. The number of benzene rings is 1. The van der Waals surface area contributed by atoms with Gasteiger partial charge in [-0.1, -0.05) is 28.1 Å². The summed E-state index contributed by atoms with van der Waals surface area (Å²) in [6.45, 7) is 2.62. The number of rotatable bonds is 7. The minimum atomic E-state index is 0.180. The summed E-state index contributed by atoms with van der Waals surface area (Å²) in [4.78, 5) is 2.26. The first-order valence-corrected chi connectivity index (χ1v) is 7.53. The van der Waals surface area contributed by atoms with Crippen LogP contribution >= 0.6 is 15.9 Å². The Morgan fingerprint density at radius 1 is 1.30 bits per heavy atom. The van der Waals surface area contributed by atoms with Gasteiger partial charge in [0.1, 0.15) is 0 Å². The molecule has 0 aliphatic rings. The van der Waals surface area contributed by atoms with Crippen LogP contribution in [0.1, 0.15) is 11.3 Å². The smallest absolute Gasteiger partial charge is 0.0558 e. The van der Waals surface area contributed by atoms with Crippen molar-refractivity contribution in [1.29, 1.82) is 0 Å². The number of aromatic nitrogens is 2. The third-order valence-corrected chi connectivity index (χ3v) is 3.81. The summed E-state index contributed by atoms with van der Waals surface area (Å²) in [5.74, 6) is 0. The van der Waals surface area contributed by atoms with Crippen molar-refractivity contribution >= 4 is 15.9 Å². The Labute approximate surface area is 128 Å². The molecule has 0 saturated heterocycles. The van der Waals surface area contributed by atoms with Gasteiger partial charge in [0.2, 0.25) is 0 Å². The van der Waals surface area contributed by atoms with Crippen LogP contribution in [0, 0.1) is 0 Å². The van der Waals surface area contributed by atoms with E-state index in [0.29, 0.717) is 6.54 Å². The maximum atomic E-state index is 9.21. The number of hydrogen-bond donors (Lipinski definition) is 1. The molecule has 0 bridgehead atoms. The van der Waals surface area contributed by atoms with Gasteiger partial charge in [-0.05, 0) is 23.8 Å². The number of aliphatic hydroxyl groups excluding tert-OH is 1. The largest absolute Gasteiger partial charge is 0.395 e. The lowest BCUT2D eigenvalue weighted by molar-refractivity contribution is 0.191. The lowest BCUT2D eigenvalue weighted by atomic mass is 10.2. The fourth-order valence-electron chi connectivity index (χ4n) is 2.22. The average Bonchev–Trinajstić information content (AvgIpc) is 2.82. The van der Waals surface area contributed by atoms with Gasteiger partial charge in [0.05, 0.1) is 6.61 Å². The predicted octanol–water partition coefficient (Wildman–Crippen LogP) is 2.22. The van der Waals surface area contributed by atoms with Crippen molar-refractivity contribution < 1.29 is 5.11 Å². The van der Waals surface area contributed by atoms with Gasteiger partial charge in [-0.25, -0.2) is 0 Å². The Kier molecular flexibility index (Phi) is 5.76. The van der Waals surface area contributed by atoms with Crippen LogP contribution in [0.25, 0.3) is 0 Å². The molecule has 2 rings (SSSR count). The monoisotopic (exact) mass is 337 g/mol. The van der Waals surface area contributed by atoms with Crippen molar-refractivity contribution in [2.24, 2.45) is 7.05 Å². The molecule has 0 spiro atoms. The third kappa shape index (κ3) is 4.44. The molecule has 0 fully saturated rings. The summed E-state index contributed by atoms with van der Waals surface area (Å²) in [5.41, 5.74) is 2.46. The lowest BCUT2D eigenvalue weighted by Gasteiger charge is -2.21. The van der Waals surface area contributed by atoms with Gasteiger partial charge < -0.3 is 5.11 Å². The molecule has 0 aliphatic heterocycles. The maximum Gasteiger partial charge on any atom is 0.0558 e. The van der Waals surface area contributed by atoms with Gasteiger partial charge in [-0.3, -0.25) is 9.58 Å². The molecule has 0 unspecified atom stereocenters. The van der Waals surface area contributed by atoms with Crippen LogP contribution < -0.4 is 0 Å². The molecule has 0 atom stereocenters. The van der Waals surface area contributed by atoms with Gasteiger partial charge in [0.15, 0.2) is 0 Å². The van der Waals surface area contributed by atoms with Gasteiger partial charge in [0.25, 0.3) is 0 Å². The summed E-state index contributed by atoms with van der Waals surface area (Å²) in [6.07, 6.45) is 2.75. The minimum Gasteiger partial charge on any atom is -0.395 e. The highest BCUT2D eigenvalue weighted by atomic mass is 79.9. The lowest BCUT2D eigenvalue weighted by Crippen LogP contribution is -2.29. The van der Waals surface area contributed by atoms with Crippen LogP contribution in [0.3, 0.4) is 0 Å². The molecule has 20 heavy (non-hydrogen) atoms. The van der Waals surface area contributed by atoms with Crippen molar-refractivity contribution in [1.82, 2.24) is 14.7 Å². The Balaban J connectivity index is 1.95. The second-order valence-corrected chi connectivity index (χ2v) is 5.74. The normalized spacial score (nSPS) is 11.2. The van der Waals surface area contributed by atoms with E-state index in [9.17, 15) is 5.11 Å². The molecule has 108 valence electrons. The molecule has 1 aromatic carbocycles. The average molecular weight is 338 g/mol. The highest BCUT2D eigenvalue weighted by molar-refractivity contribution is 9.10. The van der Waals surface area contributed by atoms with Crippen LogP contribution in [0.5, 0.6) is 0 Å². The third-order valence-electron chi connectivity index (χ3n) is 3.32. The summed E-state index contributed by atoms with van der Waals surface area (Å²) in [6, 6.07) is 10.3. The van der Waals surface area contributed by atoms with Crippen LogP contribution in [-0.4, -0.2) is 39.5 Å². The van der Waals surface area contributed by atoms with Crippen molar-refractivity contribution in [3.05, 3.63) is 52.3 Å². The highest BCUT2D eigenvalue weighted by Crippen LogP contribution is 2.13. The summed E-state index contributed by atoms with van der Waals surface area (Å²) in [7, 11) is 1.96. The van der Waals surface area contributed by atoms with Crippen LogP contribution in [0.4, 0.5) is 0 Å². The Morgan fingerprint density at radius 3 is 2.80 bits per heavy atom.